The summed E-state index contributed by atoms with van der Waals surface area (Å²) < 4.78 is 33.7. The third-order valence-electron chi connectivity index (χ3n) is 6.27. The number of carbonyl (C=O) groups excluding carboxylic acids is 2. The van der Waals surface area contributed by atoms with Crippen LogP contribution in [0.25, 0.3) is 0 Å². The third kappa shape index (κ3) is 9.34. The molecule has 220 valence electrons. The number of primary amides is 1. The van der Waals surface area contributed by atoms with Gasteiger partial charge >= 0.3 is 0 Å². The second-order valence-corrected chi connectivity index (χ2v) is 14.0. The fraction of sp³-hybridized carbons (Fsp3) is 0.355. The minimum Gasteiger partial charge on any atom is -0.497 e. The molecule has 1 atom stereocenters. The molecule has 0 aliphatic heterocycles. The lowest BCUT2D eigenvalue weighted by atomic mass is 9.86. The van der Waals surface area contributed by atoms with Gasteiger partial charge in [-0.25, -0.2) is 13.1 Å². The van der Waals surface area contributed by atoms with E-state index in [9.17, 15) is 18.0 Å². The Balaban J connectivity index is 1.95. The smallest absolute Gasteiger partial charge is 0.252 e. The standard InChI is InChI=1S/C31H39N3O5S2/c1-20(2)34-41(37,38)26-15-16-28(40-25-13-11-24(39-6)12-14-25)27(19-26)30(36)33-23(18-29(32)35)17-21-7-9-22(10-8-21)31(3,4)5/h7-16,19-20,23,34H,17-18H2,1-6H3,(H2,32,35)(H,33,36)/t23-/m1/s1. The van der Waals surface area contributed by atoms with Crippen molar-refractivity contribution < 1.29 is 22.7 Å². The number of ether oxygens (including phenoxy) is 1. The second kappa shape index (κ2) is 13.5. The Bertz CT molecular complexity index is 1460. The van der Waals surface area contributed by atoms with Crippen molar-refractivity contribution in [1.82, 2.24) is 10.0 Å². The lowest BCUT2D eigenvalue weighted by Gasteiger charge is -2.21. The molecule has 2 amide bonds. The Labute approximate surface area is 247 Å². The number of nitrogens with two attached hydrogens (primary N) is 1. The Morgan fingerprint density at radius 2 is 1.61 bits per heavy atom. The van der Waals surface area contributed by atoms with Gasteiger partial charge in [-0.3, -0.25) is 9.59 Å². The number of nitrogens with one attached hydrogen (secondary N) is 2. The van der Waals surface area contributed by atoms with E-state index in [1.54, 1.807) is 39.2 Å². The molecule has 3 rings (SSSR count). The quantitative estimate of drug-likeness (QED) is 0.268. The van der Waals surface area contributed by atoms with E-state index >= 15 is 0 Å². The molecule has 10 heteroatoms. The topological polar surface area (TPSA) is 128 Å². The van der Waals surface area contributed by atoms with Crippen LogP contribution in [0, 0.1) is 0 Å². The summed E-state index contributed by atoms with van der Waals surface area (Å²) in [5.74, 6) is -0.356. The van der Waals surface area contributed by atoms with Gasteiger partial charge in [0.05, 0.1) is 17.6 Å². The molecule has 0 saturated heterocycles. The number of benzene rings is 3. The predicted molar refractivity (Wildman–Crippen MR) is 163 cm³/mol. The van der Waals surface area contributed by atoms with Crippen LogP contribution in [0.15, 0.2) is 81.4 Å². The van der Waals surface area contributed by atoms with Crippen LogP contribution in [0.2, 0.25) is 0 Å². The Hall–Kier alpha value is -3.34. The highest BCUT2D eigenvalue weighted by atomic mass is 32.2. The van der Waals surface area contributed by atoms with Crippen LogP contribution in [0.5, 0.6) is 5.75 Å². The van der Waals surface area contributed by atoms with Crippen LogP contribution in [-0.4, -0.2) is 39.4 Å². The van der Waals surface area contributed by atoms with E-state index in [0.717, 1.165) is 10.5 Å². The third-order valence-corrected chi connectivity index (χ3v) is 9.01. The molecule has 41 heavy (non-hydrogen) atoms. The van der Waals surface area contributed by atoms with Crippen molar-refractivity contribution in [3.05, 3.63) is 83.4 Å². The summed E-state index contributed by atoms with van der Waals surface area (Å²) in [4.78, 5) is 27.0. The zero-order valence-electron chi connectivity index (χ0n) is 24.4. The highest BCUT2D eigenvalue weighted by molar-refractivity contribution is 7.99. The minimum absolute atomic E-state index is 0.00684. The number of rotatable bonds is 12. The van der Waals surface area contributed by atoms with Crippen molar-refractivity contribution in [2.45, 2.75) is 79.6 Å². The van der Waals surface area contributed by atoms with Crippen molar-refractivity contribution in [1.29, 1.82) is 0 Å². The highest BCUT2D eigenvalue weighted by Gasteiger charge is 2.24. The molecule has 0 aromatic heterocycles. The molecule has 3 aromatic carbocycles. The maximum atomic E-state index is 13.7. The van der Waals surface area contributed by atoms with Crippen LogP contribution in [-0.2, 0) is 26.7 Å². The molecule has 0 heterocycles. The van der Waals surface area contributed by atoms with Crippen molar-refractivity contribution >= 4 is 33.6 Å². The average molecular weight is 598 g/mol. The summed E-state index contributed by atoms with van der Waals surface area (Å²) >= 11 is 1.32. The largest absolute Gasteiger partial charge is 0.497 e. The van der Waals surface area contributed by atoms with Gasteiger partial charge in [-0.15, -0.1) is 0 Å². The number of methoxy groups -OCH3 is 1. The van der Waals surface area contributed by atoms with E-state index in [2.05, 4.69) is 30.8 Å². The summed E-state index contributed by atoms with van der Waals surface area (Å²) in [5.41, 5.74) is 7.81. The van der Waals surface area contributed by atoms with Crippen molar-refractivity contribution in [2.75, 3.05) is 7.11 Å². The second-order valence-electron chi connectivity index (χ2n) is 11.2. The fourth-order valence-electron chi connectivity index (χ4n) is 4.20. The number of sulfonamides is 1. The molecule has 0 radical (unpaired) electrons. The lowest BCUT2D eigenvalue weighted by Crippen LogP contribution is -2.39. The van der Waals surface area contributed by atoms with Gasteiger partial charge in [0.2, 0.25) is 15.9 Å². The van der Waals surface area contributed by atoms with Crippen molar-refractivity contribution in [3.8, 4) is 5.75 Å². The van der Waals surface area contributed by atoms with Gasteiger partial charge in [-0.1, -0.05) is 56.8 Å². The first kappa shape index (κ1) is 32.2. The van der Waals surface area contributed by atoms with Gasteiger partial charge < -0.3 is 15.8 Å². The zero-order valence-corrected chi connectivity index (χ0v) is 26.0. The highest BCUT2D eigenvalue weighted by Crippen LogP contribution is 2.33. The Morgan fingerprint density at radius 3 is 2.15 bits per heavy atom. The summed E-state index contributed by atoms with van der Waals surface area (Å²) in [6.07, 6.45) is 0.313. The molecule has 0 unspecified atom stereocenters. The predicted octanol–water partition coefficient (Wildman–Crippen LogP) is 5.05. The number of amides is 2. The molecule has 0 aliphatic carbocycles. The molecular formula is C31H39N3O5S2. The number of hydrogen-bond acceptors (Lipinski definition) is 6. The molecule has 8 nitrogen and oxygen atoms in total. The Morgan fingerprint density at radius 1 is 0.976 bits per heavy atom. The van der Waals surface area contributed by atoms with E-state index in [1.807, 2.05) is 36.4 Å². The molecule has 3 aromatic rings. The maximum absolute atomic E-state index is 13.7. The molecule has 0 aliphatic rings. The van der Waals surface area contributed by atoms with Gasteiger partial charge in [0.1, 0.15) is 5.75 Å². The van der Waals surface area contributed by atoms with Crippen molar-refractivity contribution in [2.24, 2.45) is 5.73 Å². The minimum atomic E-state index is -3.86. The molecule has 0 bridgehead atoms. The number of hydrogen-bond donors (Lipinski definition) is 3. The van der Waals surface area contributed by atoms with Crippen LogP contribution < -0.4 is 20.5 Å². The average Bonchev–Trinajstić information content (AvgIpc) is 2.88. The van der Waals surface area contributed by atoms with Gasteiger partial charge in [-0.2, -0.15) is 0 Å². The monoisotopic (exact) mass is 597 g/mol. The normalized spacial score (nSPS) is 12.7. The van der Waals surface area contributed by atoms with E-state index in [1.165, 1.54) is 29.5 Å². The Kier molecular flexibility index (Phi) is 10.6. The van der Waals surface area contributed by atoms with Crippen LogP contribution in [0.1, 0.15) is 62.5 Å². The molecule has 0 fully saturated rings. The van der Waals surface area contributed by atoms with Gasteiger partial charge in [0.15, 0.2) is 0 Å². The van der Waals surface area contributed by atoms with Crippen LogP contribution in [0.4, 0.5) is 0 Å². The van der Waals surface area contributed by atoms with E-state index in [-0.39, 0.29) is 28.3 Å². The maximum Gasteiger partial charge on any atom is 0.252 e. The fourth-order valence-corrected chi connectivity index (χ4v) is 6.40. The summed E-state index contributed by atoms with van der Waals surface area (Å²) in [6.45, 7) is 9.84. The summed E-state index contributed by atoms with van der Waals surface area (Å²) in [6, 6.07) is 18.9. The molecule has 0 saturated carbocycles. The van der Waals surface area contributed by atoms with Gasteiger partial charge in [-0.05, 0) is 79.3 Å². The van der Waals surface area contributed by atoms with Crippen LogP contribution in [0.3, 0.4) is 0 Å². The SMILES string of the molecule is COc1ccc(Sc2ccc(S(=O)(=O)NC(C)C)cc2C(=O)N[C@@H](CC(N)=O)Cc2ccc(C(C)(C)C)cc2)cc1. The zero-order chi connectivity index (χ0) is 30.4. The van der Waals surface area contributed by atoms with E-state index in [0.29, 0.717) is 17.1 Å². The van der Waals surface area contributed by atoms with Gasteiger partial charge in [0.25, 0.3) is 5.91 Å². The lowest BCUT2D eigenvalue weighted by molar-refractivity contribution is -0.118. The van der Waals surface area contributed by atoms with Crippen molar-refractivity contribution in [3.63, 3.8) is 0 Å². The summed E-state index contributed by atoms with van der Waals surface area (Å²) in [7, 11) is -2.28. The first-order chi connectivity index (χ1) is 19.2. The first-order valence-corrected chi connectivity index (χ1v) is 15.6. The summed E-state index contributed by atoms with van der Waals surface area (Å²) in [5, 5.41) is 2.93. The van der Waals surface area contributed by atoms with Gasteiger partial charge in [0, 0.05) is 28.3 Å². The molecular weight excluding hydrogens is 558 g/mol. The molecule has 4 N–H and O–H groups in total. The van der Waals surface area contributed by atoms with Crippen LogP contribution >= 0.6 is 11.8 Å². The molecule has 0 spiro atoms. The van der Waals surface area contributed by atoms with E-state index < -0.39 is 27.9 Å². The number of carbonyl (C=O) groups is 2. The first-order valence-electron chi connectivity index (χ1n) is 13.3. The van der Waals surface area contributed by atoms with E-state index in [4.69, 9.17) is 10.5 Å².